The molecule has 1 saturated heterocycles. The molecule has 2 unspecified atom stereocenters. The fourth-order valence-corrected chi connectivity index (χ4v) is 2.79. The molecule has 1 heterocycles. The zero-order valence-corrected chi connectivity index (χ0v) is 12.0. The van der Waals surface area contributed by atoms with E-state index in [1.54, 1.807) is 23.1 Å². The lowest BCUT2D eigenvalue weighted by atomic mass is 10.1. The fraction of sp³-hybridized carbons (Fsp3) is 0.600. The number of benzene rings is 1. The average Bonchev–Trinajstić information content (AvgIpc) is 2.69. The van der Waals surface area contributed by atoms with Crippen molar-refractivity contribution in [3.8, 4) is 0 Å². The molecule has 0 spiro atoms. The molecule has 0 radical (unpaired) electrons. The van der Waals surface area contributed by atoms with Crippen molar-refractivity contribution in [2.24, 2.45) is 0 Å². The van der Waals surface area contributed by atoms with Crippen LogP contribution in [-0.2, 0) is 5.92 Å². The van der Waals surface area contributed by atoms with Gasteiger partial charge in [-0.1, -0.05) is 30.3 Å². The van der Waals surface area contributed by atoms with E-state index >= 15 is 0 Å². The summed E-state index contributed by atoms with van der Waals surface area (Å²) in [6.07, 6.45) is 0.0507. The zero-order valence-electron chi connectivity index (χ0n) is 12.0. The Morgan fingerprint density at radius 1 is 1.30 bits per heavy atom. The van der Waals surface area contributed by atoms with E-state index in [9.17, 15) is 13.9 Å². The molecule has 3 nitrogen and oxygen atoms in total. The molecular weight excluding hydrogens is 262 g/mol. The maximum Gasteiger partial charge on any atom is 0.285 e. The van der Waals surface area contributed by atoms with E-state index in [1.807, 2.05) is 19.0 Å². The van der Waals surface area contributed by atoms with Gasteiger partial charge in [-0.05, 0) is 20.5 Å². The molecule has 1 aliphatic heterocycles. The van der Waals surface area contributed by atoms with Crippen LogP contribution in [0, 0.1) is 0 Å². The van der Waals surface area contributed by atoms with Gasteiger partial charge in [0.05, 0.1) is 12.6 Å². The van der Waals surface area contributed by atoms with Crippen molar-refractivity contribution in [3.05, 3.63) is 35.9 Å². The number of aliphatic hydroxyl groups excluding tert-OH is 1. The standard InChI is InChI=1S/C15H22F2N2O/c1-18(2)9-13-8-14(20)10-19(13)11-15(16,17)12-6-4-3-5-7-12/h3-7,13-14,20H,8-11H2,1-2H3. The summed E-state index contributed by atoms with van der Waals surface area (Å²) in [5.41, 5.74) is 0.0324. The Kier molecular flexibility index (Phi) is 4.73. The minimum absolute atomic E-state index is 0.0189. The van der Waals surface area contributed by atoms with E-state index in [-0.39, 0.29) is 18.2 Å². The third-order valence-corrected chi connectivity index (χ3v) is 3.68. The Labute approximate surface area is 118 Å². The summed E-state index contributed by atoms with van der Waals surface area (Å²) in [4.78, 5) is 3.67. The minimum Gasteiger partial charge on any atom is -0.392 e. The quantitative estimate of drug-likeness (QED) is 0.893. The molecule has 0 bridgehead atoms. The van der Waals surface area contributed by atoms with Crippen molar-refractivity contribution in [2.45, 2.75) is 24.5 Å². The van der Waals surface area contributed by atoms with Crippen LogP contribution < -0.4 is 0 Å². The Morgan fingerprint density at radius 2 is 1.95 bits per heavy atom. The van der Waals surface area contributed by atoms with Crippen LogP contribution in [0.4, 0.5) is 8.78 Å². The molecule has 5 heteroatoms. The molecular formula is C15H22F2N2O. The molecule has 1 aromatic carbocycles. The summed E-state index contributed by atoms with van der Waals surface area (Å²) in [5.74, 6) is -2.89. The lowest BCUT2D eigenvalue weighted by molar-refractivity contribution is -0.0438. The minimum atomic E-state index is -2.89. The van der Waals surface area contributed by atoms with Gasteiger partial charge in [-0.15, -0.1) is 0 Å². The lowest BCUT2D eigenvalue weighted by Crippen LogP contribution is -2.43. The number of β-amino-alcohol motifs (C(OH)–C–C–N with tert-alkyl or cyclic N) is 1. The van der Waals surface area contributed by atoms with Gasteiger partial charge in [0.1, 0.15) is 0 Å². The number of rotatable bonds is 5. The van der Waals surface area contributed by atoms with Crippen molar-refractivity contribution in [3.63, 3.8) is 0 Å². The van der Waals surface area contributed by atoms with Crippen LogP contribution in [0.5, 0.6) is 0 Å². The van der Waals surface area contributed by atoms with Gasteiger partial charge >= 0.3 is 0 Å². The van der Waals surface area contributed by atoms with Crippen molar-refractivity contribution in [1.82, 2.24) is 9.80 Å². The molecule has 0 aromatic heterocycles. The highest BCUT2D eigenvalue weighted by Crippen LogP contribution is 2.31. The second kappa shape index (κ2) is 6.16. The van der Waals surface area contributed by atoms with Crippen LogP contribution in [-0.4, -0.2) is 60.8 Å². The number of likely N-dealkylation sites (tertiary alicyclic amines) is 1. The van der Waals surface area contributed by atoms with Gasteiger partial charge in [0.2, 0.25) is 0 Å². The first-order valence-electron chi connectivity index (χ1n) is 6.88. The third-order valence-electron chi connectivity index (χ3n) is 3.68. The van der Waals surface area contributed by atoms with Crippen molar-refractivity contribution < 1.29 is 13.9 Å². The van der Waals surface area contributed by atoms with Gasteiger partial charge in [-0.25, -0.2) is 0 Å². The smallest absolute Gasteiger partial charge is 0.285 e. The first-order valence-corrected chi connectivity index (χ1v) is 6.88. The molecule has 2 rings (SSSR count). The zero-order chi connectivity index (χ0) is 14.8. The fourth-order valence-electron chi connectivity index (χ4n) is 2.79. The number of likely N-dealkylation sites (N-methyl/N-ethyl adjacent to an activating group) is 1. The van der Waals surface area contributed by atoms with Crippen LogP contribution in [0.3, 0.4) is 0 Å². The van der Waals surface area contributed by atoms with Gasteiger partial charge in [0, 0.05) is 24.7 Å². The summed E-state index contributed by atoms with van der Waals surface area (Å²) >= 11 is 0. The second-order valence-corrected chi connectivity index (χ2v) is 5.81. The molecule has 0 aliphatic carbocycles. The molecule has 112 valence electrons. The van der Waals surface area contributed by atoms with Gasteiger partial charge in [0.15, 0.2) is 0 Å². The van der Waals surface area contributed by atoms with E-state index in [4.69, 9.17) is 0 Å². The normalized spacial score (nSPS) is 24.5. The van der Waals surface area contributed by atoms with Gasteiger partial charge in [-0.2, -0.15) is 8.78 Å². The van der Waals surface area contributed by atoms with Crippen molar-refractivity contribution >= 4 is 0 Å². The van der Waals surface area contributed by atoms with Crippen LogP contribution in [0.2, 0.25) is 0 Å². The molecule has 1 aromatic rings. The number of alkyl halides is 2. The summed E-state index contributed by atoms with van der Waals surface area (Å²) in [7, 11) is 3.83. The number of hydrogen-bond donors (Lipinski definition) is 1. The first-order chi connectivity index (χ1) is 9.38. The highest BCUT2D eigenvalue weighted by molar-refractivity contribution is 5.20. The summed E-state index contributed by atoms with van der Waals surface area (Å²) in [6, 6.07) is 7.86. The van der Waals surface area contributed by atoms with Gasteiger partial charge in [-0.3, -0.25) is 4.90 Å². The van der Waals surface area contributed by atoms with E-state index < -0.39 is 12.0 Å². The monoisotopic (exact) mass is 284 g/mol. The molecule has 1 fully saturated rings. The molecule has 0 saturated carbocycles. The number of hydrogen-bond acceptors (Lipinski definition) is 3. The van der Waals surface area contributed by atoms with Gasteiger partial charge < -0.3 is 10.0 Å². The Balaban J connectivity index is 2.07. The van der Waals surface area contributed by atoms with E-state index in [0.717, 1.165) is 0 Å². The predicted molar refractivity (Wildman–Crippen MR) is 74.9 cm³/mol. The first kappa shape index (κ1) is 15.4. The Bertz CT molecular complexity index is 425. The summed E-state index contributed by atoms with van der Waals surface area (Å²) in [5, 5.41) is 9.75. The van der Waals surface area contributed by atoms with E-state index in [0.29, 0.717) is 19.5 Å². The largest absolute Gasteiger partial charge is 0.392 e. The summed E-state index contributed by atoms with van der Waals surface area (Å²) in [6.45, 7) is 0.662. The molecule has 20 heavy (non-hydrogen) atoms. The molecule has 0 amide bonds. The third kappa shape index (κ3) is 3.75. The van der Waals surface area contributed by atoms with E-state index in [1.165, 1.54) is 12.1 Å². The Hall–Kier alpha value is -1.04. The Morgan fingerprint density at radius 3 is 2.55 bits per heavy atom. The highest BCUT2D eigenvalue weighted by Gasteiger charge is 2.40. The molecule has 2 atom stereocenters. The number of halogens is 2. The summed E-state index contributed by atoms with van der Waals surface area (Å²) < 4.78 is 28.6. The molecule has 1 N–H and O–H groups in total. The predicted octanol–water partition coefficient (Wildman–Crippen LogP) is 1.78. The van der Waals surface area contributed by atoms with Crippen LogP contribution in [0.15, 0.2) is 30.3 Å². The van der Waals surface area contributed by atoms with E-state index in [2.05, 4.69) is 0 Å². The average molecular weight is 284 g/mol. The van der Waals surface area contributed by atoms with Gasteiger partial charge in [0.25, 0.3) is 5.92 Å². The topological polar surface area (TPSA) is 26.7 Å². The number of aliphatic hydroxyl groups is 1. The van der Waals surface area contributed by atoms with Crippen LogP contribution >= 0.6 is 0 Å². The van der Waals surface area contributed by atoms with Crippen LogP contribution in [0.1, 0.15) is 12.0 Å². The van der Waals surface area contributed by atoms with Crippen molar-refractivity contribution in [2.75, 3.05) is 33.7 Å². The highest BCUT2D eigenvalue weighted by atomic mass is 19.3. The SMILES string of the molecule is CN(C)CC1CC(O)CN1CC(F)(F)c1ccccc1. The van der Waals surface area contributed by atoms with Crippen molar-refractivity contribution in [1.29, 1.82) is 0 Å². The molecule has 1 aliphatic rings. The van der Waals surface area contributed by atoms with Crippen LogP contribution in [0.25, 0.3) is 0 Å². The maximum atomic E-state index is 14.3. The second-order valence-electron chi connectivity index (χ2n) is 5.81. The maximum absolute atomic E-state index is 14.3. The lowest BCUT2D eigenvalue weighted by Gasteiger charge is -2.30. The number of nitrogens with zero attached hydrogens (tertiary/aromatic N) is 2.